The van der Waals surface area contributed by atoms with Crippen LogP contribution in [0.1, 0.15) is 16.8 Å². The standard InChI is InChI=1S/C11H11ClO4/c12-9-3-1-2-8(11(13)14)10(9)16-7-4-5-15-6-7/h1-3,7H,4-6H2,(H,13,14). The molecule has 0 aliphatic carbocycles. The predicted octanol–water partition coefficient (Wildman–Crippen LogP) is 2.21. The van der Waals surface area contributed by atoms with Crippen LogP contribution in [-0.2, 0) is 4.74 Å². The molecule has 1 N–H and O–H groups in total. The van der Waals surface area contributed by atoms with Gasteiger partial charge in [0.1, 0.15) is 11.7 Å². The van der Waals surface area contributed by atoms with Crippen LogP contribution in [0.4, 0.5) is 0 Å². The number of aromatic carboxylic acids is 1. The topological polar surface area (TPSA) is 55.8 Å². The van der Waals surface area contributed by atoms with Crippen molar-refractivity contribution in [3.05, 3.63) is 28.8 Å². The van der Waals surface area contributed by atoms with Crippen molar-refractivity contribution in [1.29, 1.82) is 0 Å². The second-order valence-corrected chi connectivity index (χ2v) is 3.93. The van der Waals surface area contributed by atoms with Gasteiger partial charge in [-0.15, -0.1) is 0 Å². The lowest BCUT2D eigenvalue weighted by molar-refractivity contribution is 0.0687. The fourth-order valence-corrected chi connectivity index (χ4v) is 1.79. The van der Waals surface area contributed by atoms with Crippen molar-refractivity contribution in [3.63, 3.8) is 0 Å². The van der Waals surface area contributed by atoms with Gasteiger partial charge in [-0.05, 0) is 12.1 Å². The van der Waals surface area contributed by atoms with Crippen LogP contribution in [0.25, 0.3) is 0 Å². The lowest BCUT2D eigenvalue weighted by Crippen LogP contribution is -2.17. The highest BCUT2D eigenvalue weighted by atomic mass is 35.5. The van der Waals surface area contributed by atoms with E-state index in [1.54, 1.807) is 12.1 Å². The summed E-state index contributed by atoms with van der Waals surface area (Å²) >= 11 is 5.92. The number of carbonyl (C=O) groups is 1. The van der Waals surface area contributed by atoms with E-state index < -0.39 is 5.97 Å². The lowest BCUT2D eigenvalue weighted by atomic mass is 10.2. The minimum Gasteiger partial charge on any atom is -0.485 e. The van der Waals surface area contributed by atoms with Crippen molar-refractivity contribution in [2.24, 2.45) is 0 Å². The highest BCUT2D eigenvalue weighted by Gasteiger charge is 2.22. The van der Waals surface area contributed by atoms with Crippen molar-refractivity contribution in [2.45, 2.75) is 12.5 Å². The van der Waals surface area contributed by atoms with Crippen molar-refractivity contribution < 1.29 is 19.4 Å². The Labute approximate surface area is 97.7 Å². The maximum absolute atomic E-state index is 11.0. The van der Waals surface area contributed by atoms with Crippen molar-refractivity contribution in [2.75, 3.05) is 13.2 Å². The Morgan fingerprint density at radius 3 is 3.00 bits per heavy atom. The highest BCUT2D eigenvalue weighted by molar-refractivity contribution is 6.32. The summed E-state index contributed by atoms with van der Waals surface area (Å²) < 4.78 is 10.7. The van der Waals surface area contributed by atoms with Crippen LogP contribution >= 0.6 is 11.6 Å². The zero-order chi connectivity index (χ0) is 11.5. The number of carboxylic acid groups (broad SMARTS) is 1. The van der Waals surface area contributed by atoms with Crippen molar-refractivity contribution >= 4 is 17.6 Å². The van der Waals surface area contributed by atoms with Gasteiger partial charge in [-0.3, -0.25) is 0 Å². The third-order valence-electron chi connectivity index (χ3n) is 2.37. The van der Waals surface area contributed by atoms with Crippen LogP contribution in [0.2, 0.25) is 5.02 Å². The van der Waals surface area contributed by atoms with Gasteiger partial charge in [0.15, 0.2) is 5.75 Å². The molecule has 1 heterocycles. The number of benzene rings is 1. The molecule has 0 saturated carbocycles. The monoisotopic (exact) mass is 242 g/mol. The van der Waals surface area contributed by atoms with Crippen LogP contribution in [0.3, 0.4) is 0 Å². The molecule has 0 spiro atoms. The molecule has 0 radical (unpaired) electrons. The molecule has 1 aromatic carbocycles. The van der Waals surface area contributed by atoms with Crippen LogP contribution in [0.15, 0.2) is 18.2 Å². The SMILES string of the molecule is O=C(O)c1cccc(Cl)c1OC1CCOC1. The second-order valence-electron chi connectivity index (χ2n) is 3.53. The summed E-state index contributed by atoms with van der Waals surface area (Å²) in [6.45, 7) is 1.11. The summed E-state index contributed by atoms with van der Waals surface area (Å²) in [5.41, 5.74) is 0.0828. The predicted molar refractivity (Wildman–Crippen MR) is 58.3 cm³/mol. The third-order valence-corrected chi connectivity index (χ3v) is 2.67. The second kappa shape index (κ2) is 4.72. The van der Waals surface area contributed by atoms with E-state index in [9.17, 15) is 4.79 Å². The fourth-order valence-electron chi connectivity index (χ4n) is 1.57. The number of para-hydroxylation sites is 1. The van der Waals surface area contributed by atoms with Crippen LogP contribution in [0.5, 0.6) is 5.75 Å². The molecule has 0 bridgehead atoms. The summed E-state index contributed by atoms with van der Waals surface area (Å²) in [5, 5.41) is 9.31. The van der Waals surface area contributed by atoms with Gasteiger partial charge in [0.05, 0.1) is 18.2 Å². The zero-order valence-corrected chi connectivity index (χ0v) is 9.24. The molecule has 1 aliphatic rings. The fraction of sp³-hybridized carbons (Fsp3) is 0.364. The van der Waals surface area contributed by atoms with E-state index in [4.69, 9.17) is 26.2 Å². The number of carboxylic acids is 1. The normalized spacial score (nSPS) is 19.7. The molecule has 16 heavy (non-hydrogen) atoms. The summed E-state index contributed by atoms with van der Waals surface area (Å²) in [6, 6.07) is 4.67. The van der Waals surface area contributed by atoms with Gasteiger partial charge in [0.2, 0.25) is 0 Å². The van der Waals surface area contributed by atoms with Crippen LogP contribution in [-0.4, -0.2) is 30.4 Å². The largest absolute Gasteiger partial charge is 0.485 e. The molecule has 1 atom stereocenters. The van der Waals surface area contributed by atoms with E-state index in [2.05, 4.69) is 0 Å². The summed E-state index contributed by atoms with van der Waals surface area (Å²) in [5.74, 6) is -0.816. The van der Waals surface area contributed by atoms with Gasteiger partial charge in [-0.1, -0.05) is 17.7 Å². The number of hydrogen-bond acceptors (Lipinski definition) is 3. The van der Waals surface area contributed by atoms with Crippen molar-refractivity contribution in [1.82, 2.24) is 0 Å². The minimum absolute atomic E-state index is 0.0828. The summed E-state index contributed by atoms with van der Waals surface area (Å²) in [6.07, 6.45) is 0.641. The van der Waals surface area contributed by atoms with Crippen LogP contribution in [0, 0.1) is 0 Å². The molecule has 5 heteroatoms. The lowest BCUT2D eigenvalue weighted by Gasteiger charge is -2.15. The molecule has 1 unspecified atom stereocenters. The average Bonchev–Trinajstić information content (AvgIpc) is 2.73. The van der Waals surface area contributed by atoms with Crippen molar-refractivity contribution in [3.8, 4) is 5.75 Å². The first-order chi connectivity index (χ1) is 7.68. The van der Waals surface area contributed by atoms with Gasteiger partial charge < -0.3 is 14.6 Å². The highest BCUT2D eigenvalue weighted by Crippen LogP contribution is 2.30. The van der Waals surface area contributed by atoms with Crippen LogP contribution < -0.4 is 4.74 Å². The number of halogens is 1. The van der Waals surface area contributed by atoms with E-state index >= 15 is 0 Å². The smallest absolute Gasteiger partial charge is 0.339 e. The first-order valence-corrected chi connectivity index (χ1v) is 5.32. The Bertz CT molecular complexity index is 399. The van der Waals surface area contributed by atoms with E-state index in [0.717, 1.165) is 6.42 Å². The Morgan fingerprint density at radius 2 is 2.38 bits per heavy atom. The van der Waals surface area contributed by atoms with E-state index in [1.165, 1.54) is 6.07 Å². The molecule has 2 rings (SSSR count). The molecule has 4 nitrogen and oxygen atoms in total. The zero-order valence-electron chi connectivity index (χ0n) is 8.48. The van der Waals surface area contributed by atoms with Gasteiger partial charge in [0, 0.05) is 6.42 Å². The first kappa shape index (κ1) is 11.2. The average molecular weight is 243 g/mol. The Kier molecular flexibility index (Phi) is 3.31. The Balaban J connectivity index is 2.26. The molecule has 1 aliphatic heterocycles. The molecule has 86 valence electrons. The Morgan fingerprint density at radius 1 is 1.56 bits per heavy atom. The van der Waals surface area contributed by atoms with E-state index in [0.29, 0.717) is 18.2 Å². The van der Waals surface area contributed by atoms with E-state index in [1.807, 2.05) is 0 Å². The van der Waals surface area contributed by atoms with E-state index in [-0.39, 0.29) is 17.4 Å². The summed E-state index contributed by atoms with van der Waals surface area (Å²) in [7, 11) is 0. The van der Waals surface area contributed by atoms with Gasteiger partial charge in [-0.2, -0.15) is 0 Å². The molecule has 0 amide bonds. The van der Waals surface area contributed by atoms with Gasteiger partial charge in [-0.25, -0.2) is 4.79 Å². The molecular formula is C11H11ClO4. The minimum atomic E-state index is -1.04. The molecule has 1 aromatic rings. The number of rotatable bonds is 3. The number of ether oxygens (including phenoxy) is 2. The molecule has 0 aromatic heterocycles. The molecular weight excluding hydrogens is 232 g/mol. The molecule has 1 saturated heterocycles. The summed E-state index contributed by atoms with van der Waals surface area (Å²) in [4.78, 5) is 11.0. The third kappa shape index (κ3) is 2.28. The Hall–Kier alpha value is -1.26. The quantitative estimate of drug-likeness (QED) is 0.883. The van der Waals surface area contributed by atoms with Gasteiger partial charge in [0.25, 0.3) is 0 Å². The first-order valence-electron chi connectivity index (χ1n) is 4.94. The molecule has 1 fully saturated rings. The number of hydrogen-bond donors (Lipinski definition) is 1. The maximum atomic E-state index is 11.0. The maximum Gasteiger partial charge on any atom is 0.339 e. The van der Waals surface area contributed by atoms with Gasteiger partial charge >= 0.3 is 5.97 Å².